The minimum absolute atomic E-state index is 0. The molecular weight excluding hydrogens is 419 g/mol. The smallest absolute Gasteiger partial charge is 0.191 e. The molecule has 2 N–H and O–H groups in total. The third kappa shape index (κ3) is 6.88. The molecule has 0 fully saturated rings. The average Bonchev–Trinajstić information content (AvgIpc) is 3.07. The van der Waals surface area contributed by atoms with Gasteiger partial charge < -0.3 is 19.9 Å². The fourth-order valence-electron chi connectivity index (χ4n) is 2.05. The minimum Gasteiger partial charge on any atom is -0.382 e. The van der Waals surface area contributed by atoms with Crippen LogP contribution in [0, 0.1) is 0 Å². The average molecular weight is 444 g/mol. The zero-order valence-corrected chi connectivity index (χ0v) is 16.4. The largest absolute Gasteiger partial charge is 0.382 e. The van der Waals surface area contributed by atoms with Crippen molar-refractivity contribution in [1.29, 1.82) is 0 Å². The van der Waals surface area contributed by atoms with Crippen LogP contribution in [0.2, 0.25) is 0 Å². The topological polar surface area (TPSA) is 71.7 Å². The van der Waals surface area contributed by atoms with Crippen molar-refractivity contribution >= 4 is 29.9 Å². The van der Waals surface area contributed by atoms with Crippen molar-refractivity contribution in [1.82, 2.24) is 15.8 Å². The van der Waals surface area contributed by atoms with Gasteiger partial charge in [-0.3, -0.25) is 4.99 Å². The number of hydrogen-bond acceptors (Lipinski definition) is 4. The molecule has 6 nitrogen and oxygen atoms in total. The lowest BCUT2D eigenvalue weighted by Crippen LogP contribution is -2.37. The van der Waals surface area contributed by atoms with Gasteiger partial charge in [0.1, 0.15) is 5.69 Å². The van der Waals surface area contributed by atoms with Gasteiger partial charge in [-0.1, -0.05) is 35.5 Å². The molecule has 0 atom stereocenters. The number of aromatic nitrogens is 1. The Bertz CT molecular complexity index is 602. The van der Waals surface area contributed by atoms with E-state index in [2.05, 4.69) is 20.8 Å². The first-order chi connectivity index (χ1) is 11.3. The van der Waals surface area contributed by atoms with Crippen LogP contribution in [0.1, 0.15) is 19.0 Å². The summed E-state index contributed by atoms with van der Waals surface area (Å²) in [4.78, 5) is 4.18. The molecule has 0 unspecified atom stereocenters. The van der Waals surface area contributed by atoms with Gasteiger partial charge in [0, 0.05) is 38.4 Å². The lowest BCUT2D eigenvalue weighted by atomic mass is 10.2. The van der Waals surface area contributed by atoms with E-state index in [0.29, 0.717) is 6.54 Å². The second-order valence-electron chi connectivity index (χ2n) is 4.95. The van der Waals surface area contributed by atoms with Crippen molar-refractivity contribution in [2.24, 2.45) is 4.99 Å². The molecular formula is C17H25IN4O2. The van der Waals surface area contributed by atoms with E-state index in [1.807, 2.05) is 43.3 Å². The zero-order valence-electron chi connectivity index (χ0n) is 14.1. The molecule has 24 heavy (non-hydrogen) atoms. The molecule has 0 aliphatic rings. The van der Waals surface area contributed by atoms with Crippen LogP contribution in [0.15, 0.2) is 45.9 Å². The predicted octanol–water partition coefficient (Wildman–Crippen LogP) is 3.05. The molecule has 2 rings (SSSR count). The Morgan fingerprint density at radius 3 is 2.75 bits per heavy atom. The zero-order chi connectivity index (χ0) is 16.3. The maximum absolute atomic E-state index is 5.38. The molecule has 0 aliphatic heterocycles. The number of nitrogens with zero attached hydrogens (tertiary/aromatic N) is 2. The van der Waals surface area contributed by atoms with E-state index in [4.69, 9.17) is 9.26 Å². The standard InChI is InChI=1S/C17H24N4O2.HI/c1-3-22-11-7-10-19-17(18-2)20-13-15-12-16(23-21-15)14-8-5-4-6-9-14;/h4-6,8-9,12H,3,7,10-11,13H2,1-2H3,(H2,18,19,20);1H. The van der Waals surface area contributed by atoms with Gasteiger partial charge in [-0.25, -0.2) is 0 Å². The SMILES string of the molecule is CCOCCCNC(=NC)NCc1cc(-c2ccccc2)on1.I. The lowest BCUT2D eigenvalue weighted by molar-refractivity contribution is 0.145. The highest BCUT2D eigenvalue weighted by Gasteiger charge is 2.06. The van der Waals surface area contributed by atoms with Gasteiger partial charge in [0.15, 0.2) is 11.7 Å². The number of hydrogen-bond donors (Lipinski definition) is 2. The quantitative estimate of drug-likeness (QED) is 0.284. The van der Waals surface area contributed by atoms with Crippen molar-refractivity contribution in [2.45, 2.75) is 19.9 Å². The molecule has 0 saturated heterocycles. The molecule has 7 heteroatoms. The monoisotopic (exact) mass is 444 g/mol. The van der Waals surface area contributed by atoms with Crippen LogP contribution in [-0.2, 0) is 11.3 Å². The second kappa shape index (κ2) is 11.9. The summed E-state index contributed by atoms with van der Waals surface area (Å²) in [5.74, 6) is 1.51. The normalized spacial score (nSPS) is 11.0. The molecule has 0 saturated carbocycles. The van der Waals surface area contributed by atoms with E-state index in [-0.39, 0.29) is 24.0 Å². The van der Waals surface area contributed by atoms with Gasteiger partial charge in [-0.2, -0.15) is 0 Å². The van der Waals surface area contributed by atoms with Gasteiger partial charge in [-0.15, -0.1) is 24.0 Å². The van der Waals surface area contributed by atoms with Crippen molar-refractivity contribution in [3.05, 3.63) is 42.1 Å². The Morgan fingerprint density at radius 2 is 2.04 bits per heavy atom. The molecule has 0 bridgehead atoms. The van der Waals surface area contributed by atoms with E-state index in [9.17, 15) is 0 Å². The third-order valence-electron chi connectivity index (χ3n) is 3.24. The summed E-state index contributed by atoms with van der Waals surface area (Å²) in [7, 11) is 1.75. The van der Waals surface area contributed by atoms with Crippen LogP contribution in [0.25, 0.3) is 11.3 Å². The molecule has 0 aliphatic carbocycles. The van der Waals surface area contributed by atoms with E-state index in [1.165, 1.54) is 0 Å². The summed E-state index contributed by atoms with van der Waals surface area (Å²) in [5.41, 5.74) is 1.85. The number of ether oxygens (including phenoxy) is 1. The Morgan fingerprint density at radius 1 is 1.25 bits per heavy atom. The van der Waals surface area contributed by atoms with Crippen molar-refractivity contribution in [2.75, 3.05) is 26.8 Å². The number of halogens is 1. The van der Waals surface area contributed by atoms with E-state index in [0.717, 1.165) is 49.2 Å². The fourth-order valence-corrected chi connectivity index (χ4v) is 2.05. The summed E-state index contributed by atoms with van der Waals surface area (Å²) in [6.07, 6.45) is 0.941. The summed E-state index contributed by atoms with van der Waals surface area (Å²) >= 11 is 0. The van der Waals surface area contributed by atoms with Crippen LogP contribution in [-0.4, -0.2) is 37.9 Å². The Kier molecular flexibility index (Phi) is 10.1. The Hall–Kier alpha value is -1.61. The van der Waals surface area contributed by atoms with Crippen LogP contribution < -0.4 is 10.6 Å². The first kappa shape index (κ1) is 20.4. The molecule has 1 aromatic carbocycles. The highest BCUT2D eigenvalue weighted by atomic mass is 127. The minimum atomic E-state index is 0. The van der Waals surface area contributed by atoms with E-state index >= 15 is 0 Å². The van der Waals surface area contributed by atoms with E-state index < -0.39 is 0 Å². The van der Waals surface area contributed by atoms with Gasteiger partial charge in [0.2, 0.25) is 0 Å². The maximum atomic E-state index is 5.38. The van der Waals surface area contributed by atoms with Crippen LogP contribution >= 0.6 is 24.0 Å². The Balaban J connectivity index is 0.00000288. The lowest BCUT2D eigenvalue weighted by Gasteiger charge is -2.10. The number of benzene rings is 1. The number of rotatable bonds is 8. The number of nitrogens with one attached hydrogen (secondary N) is 2. The first-order valence-electron chi connectivity index (χ1n) is 7.86. The van der Waals surface area contributed by atoms with E-state index in [1.54, 1.807) is 7.05 Å². The summed E-state index contributed by atoms with van der Waals surface area (Å²) < 4.78 is 10.7. The summed E-state index contributed by atoms with van der Waals surface area (Å²) in [5, 5.41) is 10.5. The Labute approximate surface area is 160 Å². The molecule has 1 heterocycles. The molecule has 2 aromatic rings. The second-order valence-corrected chi connectivity index (χ2v) is 4.95. The highest BCUT2D eigenvalue weighted by molar-refractivity contribution is 14.0. The van der Waals surface area contributed by atoms with Crippen molar-refractivity contribution < 1.29 is 9.26 Å². The van der Waals surface area contributed by atoms with Crippen molar-refractivity contribution in [3.8, 4) is 11.3 Å². The predicted molar refractivity (Wildman–Crippen MR) is 107 cm³/mol. The molecule has 0 spiro atoms. The molecule has 1 aromatic heterocycles. The number of guanidine groups is 1. The van der Waals surface area contributed by atoms with Crippen LogP contribution in [0.3, 0.4) is 0 Å². The van der Waals surface area contributed by atoms with Gasteiger partial charge in [0.25, 0.3) is 0 Å². The van der Waals surface area contributed by atoms with Gasteiger partial charge in [-0.05, 0) is 13.3 Å². The highest BCUT2D eigenvalue weighted by Crippen LogP contribution is 2.19. The molecule has 0 radical (unpaired) electrons. The van der Waals surface area contributed by atoms with Crippen LogP contribution in [0.5, 0.6) is 0 Å². The first-order valence-corrected chi connectivity index (χ1v) is 7.86. The summed E-state index contributed by atoms with van der Waals surface area (Å²) in [6, 6.07) is 11.9. The summed E-state index contributed by atoms with van der Waals surface area (Å²) in [6.45, 7) is 4.87. The van der Waals surface area contributed by atoms with Gasteiger partial charge in [0.05, 0.1) is 6.54 Å². The maximum Gasteiger partial charge on any atom is 0.191 e. The van der Waals surface area contributed by atoms with Gasteiger partial charge >= 0.3 is 0 Å². The van der Waals surface area contributed by atoms with Crippen molar-refractivity contribution in [3.63, 3.8) is 0 Å². The molecule has 0 amide bonds. The molecule has 132 valence electrons. The number of aliphatic imine (C=N–C) groups is 1. The fraction of sp³-hybridized carbons (Fsp3) is 0.412. The third-order valence-corrected chi connectivity index (χ3v) is 3.24. The van der Waals surface area contributed by atoms with Crippen LogP contribution in [0.4, 0.5) is 0 Å².